The van der Waals surface area contributed by atoms with Gasteiger partial charge in [0.1, 0.15) is 0 Å². The third kappa shape index (κ3) is 5.29. The number of carbonyl (C=O) groups is 1. The number of alkyl halides is 3. The van der Waals surface area contributed by atoms with Crippen LogP contribution in [-0.2, 0) is 21.0 Å². The average molecular weight is 465 g/mol. The third-order valence-electron chi connectivity index (χ3n) is 5.54. The largest absolute Gasteiger partial charge is 0.416 e. The summed E-state index contributed by atoms with van der Waals surface area (Å²) in [7, 11) is -3.72. The van der Waals surface area contributed by atoms with Gasteiger partial charge in [-0.05, 0) is 61.7 Å². The molecule has 1 heterocycles. The van der Waals surface area contributed by atoms with Crippen LogP contribution in [0.15, 0.2) is 53.4 Å². The first-order valence-electron chi connectivity index (χ1n) is 10.00. The molecule has 0 aromatic heterocycles. The van der Waals surface area contributed by atoms with Gasteiger partial charge in [0, 0.05) is 19.0 Å². The second kappa shape index (κ2) is 9.30. The van der Waals surface area contributed by atoms with Crippen molar-refractivity contribution < 1.29 is 26.4 Å². The maximum atomic E-state index is 12.8. The summed E-state index contributed by atoms with van der Waals surface area (Å²) in [4.78, 5) is 12.7. The van der Waals surface area contributed by atoms with E-state index in [1.165, 1.54) is 40.7 Å². The summed E-state index contributed by atoms with van der Waals surface area (Å²) in [5, 5.41) is 11.7. The molecule has 2 aromatic rings. The van der Waals surface area contributed by atoms with Crippen LogP contribution in [0.5, 0.6) is 0 Å². The van der Waals surface area contributed by atoms with Gasteiger partial charge in [0.2, 0.25) is 15.9 Å². The van der Waals surface area contributed by atoms with Gasteiger partial charge in [-0.3, -0.25) is 4.79 Å². The van der Waals surface area contributed by atoms with Gasteiger partial charge in [0.15, 0.2) is 0 Å². The van der Waals surface area contributed by atoms with E-state index in [9.17, 15) is 26.4 Å². The summed E-state index contributed by atoms with van der Waals surface area (Å²) in [6.07, 6.45) is -3.75. The van der Waals surface area contributed by atoms with Crippen molar-refractivity contribution in [1.29, 1.82) is 5.26 Å². The van der Waals surface area contributed by atoms with E-state index in [1.54, 1.807) is 6.92 Å². The Morgan fingerprint density at radius 3 is 2.16 bits per heavy atom. The Morgan fingerprint density at radius 2 is 1.66 bits per heavy atom. The van der Waals surface area contributed by atoms with Gasteiger partial charge in [0.05, 0.1) is 28.1 Å². The Morgan fingerprint density at radius 1 is 1.09 bits per heavy atom. The number of nitrogens with zero attached hydrogens (tertiary/aromatic N) is 2. The highest BCUT2D eigenvalue weighted by atomic mass is 32.2. The lowest BCUT2D eigenvalue weighted by atomic mass is 9.96. The van der Waals surface area contributed by atoms with E-state index in [0.29, 0.717) is 24.0 Å². The fraction of sp³-hybridized carbons (Fsp3) is 0.364. The molecule has 0 spiro atoms. The van der Waals surface area contributed by atoms with Crippen LogP contribution in [0, 0.1) is 17.2 Å². The molecule has 3 rings (SSSR count). The van der Waals surface area contributed by atoms with Crippen molar-refractivity contribution in [3.05, 3.63) is 65.2 Å². The number of amides is 1. The molecule has 1 unspecified atom stereocenters. The Balaban J connectivity index is 1.57. The molecule has 0 aliphatic carbocycles. The van der Waals surface area contributed by atoms with Crippen LogP contribution in [0.3, 0.4) is 0 Å². The summed E-state index contributed by atoms with van der Waals surface area (Å²) in [5.74, 6) is -0.646. The van der Waals surface area contributed by atoms with Crippen molar-refractivity contribution >= 4 is 15.9 Å². The van der Waals surface area contributed by atoms with Gasteiger partial charge in [-0.1, -0.05) is 12.1 Å². The smallest absolute Gasteiger partial charge is 0.349 e. The molecule has 1 aliphatic heterocycles. The maximum absolute atomic E-state index is 12.8. The van der Waals surface area contributed by atoms with Crippen LogP contribution in [0.1, 0.15) is 42.5 Å². The van der Waals surface area contributed by atoms with Crippen molar-refractivity contribution in [2.45, 2.75) is 36.9 Å². The molecule has 1 atom stereocenters. The summed E-state index contributed by atoms with van der Waals surface area (Å²) >= 11 is 0. The third-order valence-corrected chi connectivity index (χ3v) is 7.46. The van der Waals surface area contributed by atoms with Crippen LogP contribution in [-0.4, -0.2) is 31.7 Å². The Bertz CT molecular complexity index is 1100. The number of sulfonamides is 1. The second-order valence-corrected chi connectivity index (χ2v) is 9.60. The summed E-state index contributed by atoms with van der Waals surface area (Å²) in [6.45, 7) is 2.04. The number of hydrogen-bond acceptors (Lipinski definition) is 4. The molecule has 1 saturated heterocycles. The first-order chi connectivity index (χ1) is 15.0. The highest BCUT2D eigenvalue weighted by Gasteiger charge is 2.33. The van der Waals surface area contributed by atoms with E-state index in [1.807, 2.05) is 6.07 Å². The fourth-order valence-corrected chi connectivity index (χ4v) is 5.05. The molecule has 32 heavy (non-hydrogen) atoms. The van der Waals surface area contributed by atoms with Crippen LogP contribution < -0.4 is 5.32 Å². The first kappa shape index (κ1) is 23.8. The minimum atomic E-state index is -4.42. The minimum absolute atomic E-state index is 0.0929. The minimum Gasteiger partial charge on any atom is -0.349 e. The molecule has 6 nitrogen and oxygen atoms in total. The van der Waals surface area contributed by atoms with Crippen molar-refractivity contribution in [3.63, 3.8) is 0 Å². The van der Waals surface area contributed by atoms with E-state index in [2.05, 4.69) is 5.32 Å². The summed E-state index contributed by atoms with van der Waals surface area (Å²) in [5.41, 5.74) is 0.157. The topological polar surface area (TPSA) is 90.3 Å². The molecule has 0 saturated carbocycles. The van der Waals surface area contributed by atoms with Gasteiger partial charge in [-0.25, -0.2) is 8.42 Å². The highest BCUT2D eigenvalue weighted by molar-refractivity contribution is 7.89. The average Bonchev–Trinajstić information content (AvgIpc) is 2.78. The van der Waals surface area contributed by atoms with E-state index < -0.39 is 27.8 Å². The zero-order chi connectivity index (χ0) is 23.5. The van der Waals surface area contributed by atoms with Gasteiger partial charge >= 0.3 is 6.18 Å². The number of nitriles is 1. The van der Waals surface area contributed by atoms with Crippen molar-refractivity contribution in [2.75, 3.05) is 13.1 Å². The normalized spacial score (nSPS) is 16.8. The maximum Gasteiger partial charge on any atom is 0.416 e. The standard InChI is InChI=1S/C22H22F3N3O3S/c1-15(17-4-6-19(7-5-17)22(23,24)25)27-21(29)18-10-12-28(13-11-18)32(30,31)20-8-2-16(14-26)3-9-20/h2-9,15,18H,10-13H2,1H3,(H,27,29). The lowest BCUT2D eigenvalue weighted by Crippen LogP contribution is -2.43. The lowest BCUT2D eigenvalue weighted by Gasteiger charge is -2.31. The number of benzene rings is 2. The predicted octanol–water partition coefficient (Wildman–Crippen LogP) is 3.86. The molecule has 1 fully saturated rings. The Kier molecular flexibility index (Phi) is 6.91. The molecule has 0 radical (unpaired) electrons. The van der Waals surface area contributed by atoms with Crippen molar-refractivity contribution in [3.8, 4) is 6.07 Å². The molecule has 2 aromatic carbocycles. The van der Waals surface area contributed by atoms with E-state index in [4.69, 9.17) is 5.26 Å². The van der Waals surface area contributed by atoms with E-state index in [0.717, 1.165) is 12.1 Å². The van der Waals surface area contributed by atoms with Crippen molar-refractivity contribution in [1.82, 2.24) is 9.62 Å². The SMILES string of the molecule is CC(NC(=O)C1CCN(S(=O)(=O)c2ccc(C#N)cc2)CC1)c1ccc(C(F)(F)F)cc1. The molecule has 10 heteroatoms. The fourth-order valence-electron chi connectivity index (χ4n) is 3.58. The van der Waals surface area contributed by atoms with Crippen molar-refractivity contribution in [2.24, 2.45) is 5.92 Å². The first-order valence-corrected chi connectivity index (χ1v) is 11.4. The molecule has 1 N–H and O–H groups in total. The quantitative estimate of drug-likeness (QED) is 0.726. The van der Waals surface area contributed by atoms with Gasteiger partial charge in [0.25, 0.3) is 0 Å². The molecule has 1 aliphatic rings. The van der Waals surface area contributed by atoms with Crippen LogP contribution >= 0.6 is 0 Å². The number of piperidine rings is 1. The number of rotatable bonds is 5. The Hall–Kier alpha value is -2.90. The Labute approximate surface area is 184 Å². The number of halogens is 3. The van der Waals surface area contributed by atoms with Gasteiger partial charge in [-0.2, -0.15) is 22.7 Å². The van der Waals surface area contributed by atoms with E-state index >= 15 is 0 Å². The molecule has 170 valence electrons. The van der Waals surface area contributed by atoms with Crippen LogP contribution in [0.4, 0.5) is 13.2 Å². The number of carbonyl (C=O) groups excluding carboxylic acids is 1. The second-order valence-electron chi connectivity index (χ2n) is 7.66. The lowest BCUT2D eigenvalue weighted by molar-refractivity contribution is -0.137. The molecule has 1 amide bonds. The highest BCUT2D eigenvalue weighted by Crippen LogP contribution is 2.30. The predicted molar refractivity (Wildman–Crippen MR) is 111 cm³/mol. The number of nitrogens with one attached hydrogen (secondary N) is 1. The summed E-state index contributed by atoms with van der Waals surface area (Å²) in [6, 6.07) is 11.7. The molecular formula is C22H22F3N3O3S. The summed E-state index contributed by atoms with van der Waals surface area (Å²) < 4.78 is 65.0. The van der Waals surface area contributed by atoms with Gasteiger partial charge in [-0.15, -0.1) is 0 Å². The molecular weight excluding hydrogens is 443 g/mol. The zero-order valence-electron chi connectivity index (χ0n) is 17.3. The monoisotopic (exact) mass is 465 g/mol. The van der Waals surface area contributed by atoms with Gasteiger partial charge < -0.3 is 5.32 Å². The van der Waals surface area contributed by atoms with Crippen LogP contribution in [0.2, 0.25) is 0 Å². The zero-order valence-corrected chi connectivity index (χ0v) is 18.1. The van der Waals surface area contributed by atoms with Crippen LogP contribution in [0.25, 0.3) is 0 Å². The number of hydrogen-bond donors (Lipinski definition) is 1. The van der Waals surface area contributed by atoms with E-state index in [-0.39, 0.29) is 29.8 Å². The molecule has 0 bridgehead atoms.